The molecule has 0 radical (unpaired) electrons. The minimum absolute atomic E-state index is 0.115. The van der Waals surface area contributed by atoms with E-state index in [1.807, 2.05) is 0 Å². The van der Waals surface area contributed by atoms with Crippen LogP contribution in [0.5, 0.6) is 0 Å². The van der Waals surface area contributed by atoms with Gasteiger partial charge in [-0.3, -0.25) is 9.78 Å². The van der Waals surface area contributed by atoms with Crippen molar-refractivity contribution in [2.24, 2.45) is 0 Å². The van der Waals surface area contributed by atoms with Gasteiger partial charge in [-0.05, 0) is 12.1 Å². The minimum Gasteiger partial charge on any atom is -0.451 e. The molecule has 1 N–H and O–H groups in total. The van der Waals surface area contributed by atoms with Gasteiger partial charge in [0, 0.05) is 12.4 Å². The Bertz CT molecular complexity index is 705. The van der Waals surface area contributed by atoms with Gasteiger partial charge in [-0.15, -0.1) is 0 Å². The first-order valence-corrected chi connectivity index (χ1v) is 6.27. The van der Waals surface area contributed by atoms with Gasteiger partial charge in [-0.25, -0.2) is 9.78 Å². The van der Waals surface area contributed by atoms with Crippen molar-refractivity contribution >= 4 is 17.6 Å². The number of anilines is 1. The Labute approximate surface area is 128 Å². The maximum atomic E-state index is 12.8. The van der Waals surface area contributed by atoms with Crippen molar-refractivity contribution in [3.63, 3.8) is 0 Å². The average Bonchev–Trinajstić information content (AvgIpc) is 2.53. The molecule has 23 heavy (non-hydrogen) atoms. The third-order valence-corrected chi connectivity index (χ3v) is 2.61. The van der Waals surface area contributed by atoms with Gasteiger partial charge >= 0.3 is 12.1 Å². The molecule has 6 nitrogen and oxygen atoms in total. The number of rotatable bonds is 4. The van der Waals surface area contributed by atoms with Crippen LogP contribution >= 0.6 is 0 Å². The number of carbonyl (C=O) groups excluding carboxylic acids is 2. The molecule has 0 unspecified atom stereocenters. The van der Waals surface area contributed by atoms with Crippen molar-refractivity contribution in [1.29, 1.82) is 0 Å². The molecule has 0 fully saturated rings. The summed E-state index contributed by atoms with van der Waals surface area (Å²) in [6.45, 7) is -0.748. The number of amides is 1. The summed E-state index contributed by atoms with van der Waals surface area (Å²) < 4.78 is 43.0. The van der Waals surface area contributed by atoms with E-state index in [-0.39, 0.29) is 5.69 Å². The quantitative estimate of drug-likeness (QED) is 0.872. The van der Waals surface area contributed by atoms with Crippen LogP contribution in [0.4, 0.5) is 18.9 Å². The van der Waals surface area contributed by atoms with Crippen LogP contribution < -0.4 is 5.32 Å². The number of esters is 1. The normalized spacial score (nSPS) is 10.9. The fourth-order valence-corrected chi connectivity index (χ4v) is 1.64. The smallest absolute Gasteiger partial charge is 0.418 e. The van der Waals surface area contributed by atoms with Gasteiger partial charge in [0.05, 0.1) is 17.4 Å². The zero-order chi connectivity index (χ0) is 16.9. The van der Waals surface area contributed by atoms with Crippen molar-refractivity contribution in [1.82, 2.24) is 9.97 Å². The number of hydrogen-bond donors (Lipinski definition) is 1. The average molecular weight is 325 g/mol. The van der Waals surface area contributed by atoms with Gasteiger partial charge in [0.15, 0.2) is 12.3 Å². The Morgan fingerprint density at radius 1 is 1.17 bits per heavy atom. The molecule has 2 rings (SSSR count). The number of carbonyl (C=O) groups is 2. The Morgan fingerprint density at radius 3 is 2.57 bits per heavy atom. The van der Waals surface area contributed by atoms with Crippen molar-refractivity contribution in [2.45, 2.75) is 6.18 Å². The SMILES string of the molecule is O=C(COC(=O)c1cnccn1)Nc1ccccc1C(F)(F)F. The Kier molecular flexibility index (Phi) is 4.89. The molecule has 1 aromatic heterocycles. The van der Waals surface area contributed by atoms with Crippen molar-refractivity contribution < 1.29 is 27.5 Å². The number of hydrogen-bond acceptors (Lipinski definition) is 5. The molecule has 2 aromatic rings. The van der Waals surface area contributed by atoms with E-state index in [1.165, 1.54) is 24.5 Å². The number of alkyl halides is 3. The van der Waals surface area contributed by atoms with Crippen LogP contribution in [0.2, 0.25) is 0 Å². The summed E-state index contributed by atoms with van der Waals surface area (Å²) in [5.41, 5.74) is -1.52. The molecule has 0 saturated carbocycles. The van der Waals surface area contributed by atoms with Crippen LogP contribution in [0.25, 0.3) is 0 Å². The second-order valence-electron chi connectivity index (χ2n) is 4.26. The lowest BCUT2D eigenvalue weighted by Crippen LogP contribution is -2.23. The summed E-state index contributed by atoms with van der Waals surface area (Å²) in [5.74, 6) is -1.81. The second-order valence-corrected chi connectivity index (χ2v) is 4.26. The molecule has 9 heteroatoms. The molecule has 1 heterocycles. The minimum atomic E-state index is -4.61. The van der Waals surface area contributed by atoms with E-state index in [4.69, 9.17) is 0 Å². The summed E-state index contributed by atoms with van der Waals surface area (Å²) >= 11 is 0. The predicted molar refractivity (Wildman–Crippen MR) is 72.4 cm³/mol. The van der Waals surface area contributed by atoms with Crippen LogP contribution in [0, 0.1) is 0 Å². The Hall–Kier alpha value is -2.97. The molecule has 0 bridgehead atoms. The zero-order valence-corrected chi connectivity index (χ0v) is 11.5. The molecule has 1 amide bonds. The summed E-state index contributed by atoms with van der Waals surface area (Å²) in [6, 6.07) is 4.48. The third kappa shape index (κ3) is 4.50. The Balaban J connectivity index is 1.97. The standard InChI is InChI=1S/C14H10F3N3O3/c15-14(16,17)9-3-1-2-4-10(9)20-12(21)8-23-13(22)11-7-18-5-6-19-11/h1-7H,8H2,(H,20,21). The number of para-hydroxylation sites is 1. The van der Waals surface area contributed by atoms with Crippen molar-refractivity contribution in [3.05, 3.63) is 54.1 Å². The van der Waals surface area contributed by atoms with E-state index >= 15 is 0 Å². The van der Waals surface area contributed by atoms with Gasteiger partial charge in [0.2, 0.25) is 0 Å². The number of nitrogens with one attached hydrogen (secondary N) is 1. The van der Waals surface area contributed by atoms with Crippen LogP contribution in [0.1, 0.15) is 16.1 Å². The first kappa shape index (κ1) is 16.4. The highest BCUT2D eigenvalue weighted by Crippen LogP contribution is 2.34. The summed E-state index contributed by atoms with van der Waals surface area (Å²) in [7, 11) is 0. The largest absolute Gasteiger partial charge is 0.451 e. The van der Waals surface area contributed by atoms with Gasteiger partial charge in [0.25, 0.3) is 5.91 Å². The van der Waals surface area contributed by atoms with E-state index < -0.39 is 35.9 Å². The molecule has 120 valence electrons. The molecule has 0 aliphatic rings. The van der Waals surface area contributed by atoms with E-state index in [1.54, 1.807) is 0 Å². The van der Waals surface area contributed by atoms with Gasteiger partial charge in [0.1, 0.15) is 0 Å². The first-order chi connectivity index (χ1) is 10.9. The highest BCUT2D eigenvalue weighted by Gasteiger charge is 2.33. The van der Waals surface area contributed by atoms with Crippen LogP contribution in [0.3, 0.4) is 0 Å². The lowest BCUT2D eigenvalue weighted by molar-refractivity contribution is -0.137. The van der Waals surface area contributed by atoms with Crippen molar-refractivity contribution in [3.8, 4) is 0 Å². The number of halogens is 3. The summed E-state index contributed by atoms with van der Waals surface area (Å²) in [4.78, 5) is 30.5. The van der Waals surface area contributed by atoms with Crippen LogP contribution in [0.15, 0.2) is 42.9 Å². The topological polar surface area (TPSA) is 81.2 Å². The van der Waals surface area contributed by atoms with Gasteiger partial charge in [-0.2, -0.15) is 13.2 Å². The molecule has 0 atom stereocenters. The molecule has 1 aromatic carbocycles. The van der Waals surface area contributed by atoms with E-state index in [0.717, 1.165) is 18.3 Å². The predicted octanol–water partition coefficient (Wildman–Crippen LogP) is 2.29. The fraction of sp³-hybridized carbons (Fsp3) is 0.143. The summed E-state index contributed by atoms with van der Waals surface area (Å²) in [6.07, 6.45) is -0.868. The van der Waals surface area contributed by atoms with Crippen LogP contribution in [-0.2, 0) is 15.7 Å². The Morgan fingerprint density at radius 2 is 1.91 bits per heavy atom. The fourth-order valence-electron chi connectivity index (χ4n) is 1.64. The zero-order valence-electron chi connectivity index (χ0n) is 11.5. The number of benzene rings is 1. The monoisotopic (exact) mass is 325 g/mol. The third-order valence-electron chi connectivity index (χ3n) is 2.61. The lowest BCUT2D eigenvalue weighted by atomic mass is 10.1. The molecular weight excluding hydrogens is 315 g/mol. The van der Waals surface area contributed by atoms with E-state index in [9.17, 15) is 22.8 Å². The number of aromatic nitrogens is 2. The van der Waals surface area contributed by atoms with E-state index in [2.05, 4.69) is 20.0 Å². The van der Waals surface area contributed by atoms with Crippen LogP contribution in [-0.4, -0.2) is 28.5 Å². The number of ether oxygens (including phenoxy) is 1. The lowest BCUT2D eigenvalue weighted by Gasteiger charge is -2.13. The summed E-state index contributed by atoms with van der Waals surface area (Å²) in [5, 5.41) is 2.05. The number of nitrogens with zero attached hydrogens (tertiary/aromatic N) is 2. The molecule has 0 aliphatic carbocycles. The first-order valence-electron chi connectivity index (χ1n) is 6.27. The maximum Gasteiger partial charge on any atom is 0.418 e. The van der Waals surface area contributed by atoms with Crippen molar-refractivity contribution in [2.75, 3.05) is 11.9 Å². The van der Waals surface area contributed by atoms with E-state index in [0.29, 0.717) is 0 Å². The highest BCUT2D eigenvalue weighted by molar-refractivity contribution is 5.95. The molecule has 0 saturated heterocycles. The molecule has 0 aliphatic heterocycles. The molecular formula is C14H10F3N3O3. The second kappa shape index (κ2) is 6.86. The van der Waals surface area contributed by atoms with Gasteiger partial charge < -0.3 is 10.1 Å². The maximum absolute atomic E-state index is 12.8. The molecule has 0 spiro atoms. The van der Waals surface area contributed by atoms with Gasteiger partial charge in [-0.1, -0.05) is 12.1 Å². The highest BCUT2D eigenvalue weighted by atomic mass is 19.4.